The Kier molecular flexibility index (Phi) is 3.19. The van der Waals surface area contributed by atoms with Gasteiger partial charge in [-0.05, 0) is 24.1 Å². The van der Waals surface area contributed by atoms with Gasteiger partial charge in [-0.3, -0.25) is 0 Å². The van der Waals surface area contributed by atoms with E-state index in [0.29, 0.717) is 0 Å². The van der Waals surface area contributed by atoms with Crippen molar-refractivity contribution in [3.8, 4) is 11.5 Å². The molecule has 0 aromatic heterocycles. The molecule has 0 spiro atoms. The monoisotopic (exact) mass is 243 g/mol. The third-order valence-corrected chi connectivity index (χ3v) is 2.72. The third kappa shape index (κ3) is 2.66. The average Bonchev–Trinajstić information content (AvgIpc) is 2.58. The van der Waals surface area contributed by atoms with Gasteiger partial charge in [0.25, 0.3) is 0 Å². The number of hydrogen-bond donors (Lipinski definition) is 1. The lowest BCUT2D eigenvalue weighted by atomic mass is 10.0. The van der Waals surface area contributed by atoms with Crippen molar-refractivity contribution in [1.82, 2.24) is 0 Å². The number of rotatable bonds is 4. The Morgan fingerprint density at radius 3 is 2.71 bits per heavy atom. The summed E-state index contributed by atoms with van der Waals surface area (Å²) in [5.41, 5.74) is 6.75. The van der Waals surface area contributed by atoms with Crippen molar-refractivity contribution < 1.29 is 18.3 Å². The lowest BCUT2D eigenvalue weighted by molar-refractivity contribution is -0.286. The molecule has 0 radical (unpaired) electrons. The lowest BCUT2D eigenvalue weighted by Gasteiger charge is -2.11. The van der Waals surface area contributed by atoms with Crippen LogP contribution in [0.5, 0.6) is 11.5 Å². The Hall–Kier alpha value is -1.36. The van der Waals surface area contributed by atoms with E-state index in [9.17, 15) is 8.78 Å². The van der Waals surface area contributed by atoms with Crippen LogP contribution in [-0.2, 0) is 0 Å². The Balaban J connectivity index is 2.13. The van der Waals surface area contributed by atoms with Crippen molar-refractivity contribution in [3.05, 3.63) is 23.8 Å². The van der Waals surface area contributed by atoms with Gasteiger partial charge in [0.05, 0.1) is 0 Å². The summed E-state index contributed by atoms with van der Waals surface area (Å²) in [6, 6.07) is 4.54. The zero-order chi connectivity index (χ0) is 12.5. The summed E-state index contributed by atoms with van der Waals surface area (Å²) in [6.45, 7) is 2.08. The first-order chi connectivity index (χ1) is 8.02. The van der Waals surface area contributed by atoms with E-state index in [0.717, 1.165) is 24.8 Å². The van der Waals surface area contributed by atoms with Crippen molar-refractivity contribution in [2.24, 2.45) is 5.73 Å². The Morgan fingerprint density at radius 1 is 1.29 bits per heavy atom. The minimum atomic E-state index is -3.56. The SMILES string of the molecule is CCCC[C@H](N)c1ccc2c(c1)OC(F)(F)O2. The quantitative estimate of drug-likeness (QED) is 0.883. The second kappa shape index (κ2) is 4.49. The molecule has 0 saturated heterocycles. The summed E-state index contributed by atoms with van der Waals surface area (Å²) in [6.07, 6.45) is -0.677. The molecule has 0 amide bonds. The van der Waals surface area contributed by atoms with Crippen LogP contribution in [0, 0.1) is 0 Å². The highest BCUT2D eigenvalue weighted by Crippen LogP contribution is 2.42. The minimum absolute atomic E-state index is 0.0550. The second-order valence-corrected chi connectivity index (χ2v) is 4.12. The maximum absolute atomic E-state index is 12.8. The zero-order valence-electron chi connectivity index (χ0n) is 9.58. The van der Waals surface area contributed by atoms with Crippen LogP contribution in [0.15, 0.2) is 18.2 Å². The van der Waals surface area contributed by atoms with Gasteiger partial charge in [-0.1, -0.05) is 25.8 Å². The number of fused-ring (bicyclic) bond motifs is 1. The molecule has 2 N–H and O–H groups in total. The largest absolute Gasteiger partial charge is 0.586 e. The predicted molar refractivity (Wildman–Crippen MR) is 59.1 cm³/mol. The van der Waals surface area contributed by atoms with Gasteiger partial charge in [0.1, 0.15) is 0 Å². The molecule has 2 rings (SSSR count). The number of ether oxygens (including phenoxy) is 2. The van der Waals surface area contributed by atoms with Crippen LogP contribution < -0.4 is 15.2 Å². The van der Waals surface area contributed by atoms with Crippen molar-refractivity contribution in [3.63, 3.8) is 0 Å². The van der Waals surface area contributed by atoms with Crippen molar-refractivity contribution in [2.45, 2.75) is 38.5 Å². The van der Waals surface area contributed by atoms with Crippen molar-refractivity contribution >= 4 is 0 Å². The highest BCUT2D eigenvalue weighted by atomic mass is 19.3. The number of unbranched alkanes of at least 4 members (excludes halogenated alkanes) is 1. The predicted octanol–water partition coefficient (Wildman–Crippen LogP) is 3.20. The molecular weight excluding hydrogens is 228 g/mol. The van der Waals surface area contributed by atoms with Crippen LogP contribution >= 0.6 is 0 Å². The fourth-order valence-electron chi connectivity index (χ4n) is 1.79. The Bertz CT molecular complexity index is 409. The summed E-state index contributed by atoms with van der Waals surface area (Å²) < 4.78 is 34.3. The summed E-state index contributed by atoms with van der Waals surface area (Å²) >= 11 is 0. The number of halogens is 2. The molecule has 0 unspecified atom stereocenters. The highest BCUT2D eigenvalue weighted by molar-refractivity contribution is 5.45. The minimum Gasteiger partial charge on any atom is -0.395 e. The Morgan fingerprint density at radius 2 is 2.00 bits per heavy atom. The number of benzene rings is 1. The fourth-order valence-corrected chi connectivity index (χ4v) is 1.79. The smallest absolute Gasteiger partial charge is 0.395 e. The number of nitrogens with two attached hydrogens (primary N) is 1. The molecule has 5 heteroatoms. The first-order valence-electron chi connectivity index (χ1n) is 5.67. The molecule has 1 aliphatic heterocycles. The molecule has 0 aliphatic carbocycles. The first kappa shape index (κ1) is 12.1. The average molecular weight is 243 g/mol. The first-order valence-corrected chi connectivity index (χ1v) is 5.67. The standard InChI is InChI=1S/C12H15F2NO2/c1-2-3-4-9(15)8-5-6-10-11(7-8)17-12(13,14)16-10/h5-7,9H,2-4,15H2,1H3/t9-/m0/s1. The third-order valence-electron chi connectivity index (χ3n) is 2.72. The molecule has 1 atom stereocenters. The van der Waals surface area contributed by atoms with Crippen molar-refractivity contribution in [1.29, 1.82) is 0 Å². The molecule has 1 aromatic rings. The molecule has 0 bridgehead atoms. The molecule has 1 aromatic carbocycles. The lowest BCUT2D eigenvalue weighted by Crippen LogP contribution is -2.25. The topological polar surface area (TPSA) is 44.5 Å². The van der Waals surface area contributed by atoms with Crippen LogP contribution in [0.25, 0.3) is 0 Å². The maximum Gasteiger partial charge on any atom is 0.586 e. The van der Waals surface area contributed by atoms with Gasteiger partial charge in [-0.2, -0.15) is 0 Å². The fraction of sp³-hybridized carbons (Fsp3) is 0.500. The maximum atomic E-state index is 12.8. The number of alkyl halides is 2. The van der Waals surface area contributed by atoms with Gasteiger partial charge in [-0.25, -0.2) is 0 Å². The molecule has 1 aliphatic rings. The van der Waals surface area contributed by atoms with E-state index in [2.05, 4.69) is 16.4 Å². The van der Waals surface area contributed by atoms with Crippen LogP contribution in [-0.4, -0.2) is 6.29 Å². The van der Waals surface area contributed by atoms with E-state index in [1.165, 1.54) is 12.1 Å². The van der Waals surface area contributed by atoms with E-state index in [4.69, 9.17) is 5.73 Å². The summed E-state index contributed by atoms with van der Waals surface area (Å²) in [4.78, 5) is 0. The van der Waals surface area contributed by atoms with Gasteiger partial charge >= 0.3 is 6.29 Å². The second-order valence-electron chi connectivity index (χ2n) is 4.12. The zero-order valence-corrected chi connectivity index (χ0v) is 9.58. The summed E-state index contributed by atoms with van der Waals surface area (Å²) in [7, 11) is 0. The van der Waals surface area contributed by atoms with Crippen LogP contribution in [0.3, 0.4) is 0 Å². The van der Waals surface area contributed by atoms with Crippen LogP contribution in [0.1, 0.15) is 37.8 Å². The van der Waals surface area contributed by atoms with Crippen LogP contribution in [0.2, 0.25) is 0 Å². The van der Waals surface area contributed by atoms with Gasteiger partial charge in [0.15, 0.2) is 11.5 Å². The normalized spacial score (nSPS) is 18.1. The molecule has 1 heterocycles. The molecule has 0 fully saturated rings. The van der Waals surface area contributed by atoms with E-state index < -0.39 is 6.29 Å². The number of hydrogen-bond acceptors (Lipinski definition) is 3. The van der Waals surface area contributed by atoms with E-state index in [1.54, 1.807) is 6.07 Å². The summed E-state index contributed by atoms with van der Waals surface area (Å²) in [5, 5.41) is 0. The highest BCUT2D eigenvalue weighted by Gasteiger charge is 2.43. The van der Waals surface area contributed by atoms with Gasteiger partial charge in [0, 0.05) is 6.04 Å². The Labute approximate surface area is 98.5 Å². The van der Waals surface area contributed by atoms with Crippen LogP contribution in [0.4, 0.5) is 8.78 Å². The molecule has 94 valence electrons. The summed E-state index contributed by atoms with van der Waals surface area (Å²) in [5.74, 6) is 0.112. The molecule has 0 saturated carbocycles. The van der Waals surface area contributed by atoms with Crippen molar-refractivity contribution in [2.75, 3.05) is 0 Å². The molecule has 3 nitrogen and oxygen atoms in total. The van der Waals surface area contributed by atoms with Gasteiger partial charge in [0.2, 0.25) is 0 Å². The molecular formula is C12H15F2NO2. The van der Waals surface area contributed by atoms with E-state index in [-0.39, 0.29) is 17.5 Å². The van der Waals surface area contributed by atoms with Gasteiger partial charge < -0.3 is 15.2 Å². The van der Waals surface area contributed by atoms with Gasteiger partial charge in [-0.15, -0.1) is 8.78 Å². The van der Waals surface area contributed by atoms with E-state index >= 15 is 0 Å². The molecule has 17 heavy (non-hydrogen) atoms. The van der Waals surface area contributed by atoms with E-state index in [1.807, 2.05) is 0 Å².